The van der Waals surface area contributed by atoms with Crippen molar-refractivity contribution in [3.05, 3.63) is 35.4 Å². The van der Waals surface area contributed by atoms with Crippen LogP contribution in [0.1, 0.15) is 18.4 Å². The highest BCUT2D eigenvalue weighted by atomic mass is 19.1. The molecule has 1 fully saturated rings. The fourth-order valence-corrected chi connectivity index (χ4v) is 1.73. The summed E-state index contributed by atoms with van der Waals surface area (Å²) >= 11 is 0. The largest absolute Gasteiger partial charge is 0.393 e. The van der Waals surface area contributed by atoms with E-state index in [0.717, 1.165) is 18.9 Å². The number of rotatable bonds is 3. The Labute approximate surface area is 86.9 Å². The zero-order valence-electron chi connectivity index (χ0n) is 8.21. The van der Waals surface area contributed by atoms with Gasteiger partial charge in [-0.05, 0) is 30.5 Å². The monoisotopic (exact) mass is 213 g/mol. The van der Waals surface area contributed by atoms with Gasteiger partial charge in [0.2, 0.25) is 0 Å². The molecule has 0 aliphatic heterocycles. The van der Waals surface area contributed by atoms with Gasteiger partial charge in [-0.3, -0.25) is 0 Å². The van der Waals surface area contributed by atoms with Crippen LogP contribution in [0.2, 0.25) is 0 Å². The summed E-state index contributed by atoms with van der Waals surface area (Å²) in [4.78, 5) is 0. The first kappa shape index (κ1) is 10.5. The van der Waals surface area contributed by atoms with Crippen LogP contribution in [0.3, 0.4) is 0 Å². The zero-order valence-corrected chi connectivity index (χ0v) is 8.21. The molecule has 1 aromatic rings. The van der Waals surface area contributed by atoms with Gasteiger partial charge in [0.1, 0.15) is 11.6 Å². The zero-order chi connectivity index (χ0) is 10.8. The normalized spacial score (nSPS) is 25.0. The summed E-state index contributed by atoms with van der Waals surface area (Å²) in [6.07, 6.45) is 1.22. The molecule has 2 nitrogen and oxygen atoms in total. The smallest absolute Gasteiger partial charge is 0.126 e. The van der Waals surface area contributed by atoms with E-state index in [1.165, 1.54) is 12.1 Å². The molecule has 0 spiro atoms. The van der Waals surface area contributed by atoms with E-state index in [-0.39, 0.29) is 12.1 Å². The van der Waals surface area contributed by atoms with Crippen LogP contribution in [0.4, 0.5) is 8.78 Å². The predicted molar refractivity (Wildman–Crippen MR) is 52.2 cm³/mol. The number of benzene rings is 1. The van der Waals surface area contributed by atoms with E-state index in [2.05, 4.69) is 5.32 Å². The third-order valence-electron chi connectivity index (χ3n) is 2.63. The minimum absolute atomic E-state index is 0.216. The van der Waals surface area contributed by atoms with Crippen LogP contribution in [-0.4, -0.2) is 17.3 Å². The first-order valence-electron chi connectivity index (χ1n) is 5.00. The summed E-state index contributed by atoms with van der Waals surface area (Å²) < 4.78 is 25.6. The Bertz CT molecular complexity index is 330. The number of aliphatic hydroxyl groups is 1. The molecule has 1 aliphatic rings. The van der Waals surface area contributed by atoms with Gasteiger partial charge in [0.05, 0.1) is 6.10 Å². The lowest BCUT2D eigenvalue weighted by molar-refractivity contribution is 0.0619. The molecular weight excluding hydrogens is 200 g/mol. The Hall–Kier alpha value is -1.00. The van der Waals surface area contributed by atoms with Crippen molar-refractivity contribution < 1.29 is 13.9 Å². The van der Waals surface area contributed by atoms with Crippen LogP contribution in [0, 0.1) is 11.6 Å². The lowest BCUT2D eigenvalue weighted by atomic mass is 9.89. The highest BCUT2D eigenvalue weighted by molar-refractivity contribution is 5.17. The summed E-state index contributed by atoms with van der Waals surface area (Å²) in [5.74, 6) is -1.11. The highest BCUT2D eigenvalue weighted by Gasteiger charge is 2.26. The average Bonchev–Trinajstić information content (AvgIpc) is 2.09. The fourth-order valence-electron chi connectivity index (χ4n) is 1.73. The molecule has 1 aromatic carbocycles. The van der Waals surface area contributed by atoms with Crippen LogP contribution in [-0.2, 0) is 6.54 Å². The fraction of sp³-hybridized carbons (Fsp3) is 0.455. The molecule has 0 amide bonds. The van der Waals surface area contributed by atoms with Gasteiger partial charge in [-0.2, -0.15) is 0 Å². The van der Waals surface area contributed by atoms with Gasteiger partial charge in [0, 0.05) is 18.7 Å². The molecule has 0 bridgehead atoms. The Balaban J connectivity index is 1.88. The summed E-state index contributed by atoms with van der Waals surface area (Å²) in [5, 5.41) is 12.2. The number of hydrogen-bond donors (Lipinski definition) is 2. The minimum Gasteiger partial charge on any atom is -0.393 e. The van der Waals surface area contributed by atoms with E-state index in [1.807, 2.05) is 0 Å². The summed E-state index contributed by atoms with van der Waals surface area (Å²) in [6.45, 7) is 0.437. The number of hydrogen-bond acceptors (Lipinski definition) is 2. The van der Waals surface area contributed by atoms with E-state index in [0.29, 0.717) is 12.1 Å². The molecule has 0 atom stereocenters. The van der Waals surface area contributed by atoms with Gasteiger partial charge >= 0.3 is 0 Å². The van der Waals surface area contributed by atoms with Crippen LogP contribution >= 0.6 is 0 Å². The highest BCUT2D eigenvalue weighted by Crippen LogP contribution is 2.20. The Morgan fingerprint density at radius 2 is 1.80 bits per heavy atom. The molecule has 2 N–H and O–H groups in total. The standard InChI is InChI=1S/C11H13F2NO/c12-8-1-7(2-9(13)3-8)6-14-10-4-11(15)5-10/h1-3,10-11,14-15H,4-6H2. The van der Waals surface area contributed by atoms with E-state index < -0.39 is 11.6 Å². The SMILES string of the molecule is OC1CC(NCc2cc(F)cc(F)c2)C1. The molecule has 0 aromatic heterocycles. The van der Waals surface area contributed by atoms with Crippen molar-refractivity contribution in [1.82, 2.24) is 5.32 Å². The summed E-state index contributed by atoms with van der Waals surface area (Å²) in [6, 6.07) is 3.75. The molecule has 1 saturated carbocycles. The second-order valence-corrected chi connectivity index (χ2v) is 3.98. The van der Waals surface area contributed by atoms with Crippen molar-refractivity contribution >= 4 is 0 Å². The van der Waals surface area contributed by atoms with E-state index in [9.17, 15) is 8.78 Å². The number of halogens is 2. The second kappa shape index (κ2) is 4.24. The first-order chi connectivity index (χ1) is 7.13. The topological polar surface area (TPSA) is 32.3 Å². The quantitative estimate of drug-likeness (QED) is 0.799. The van der Waals surface area contributed by atoms with Gasteiger partial charge in [0.25, 0.3) is 0 Å². The molecule has 15 heavy (non-hydrogen) atoms. The molecule has 0 heterocycles. The molecular formula is C11H13F2NO. The second-order valence-electron chi connectivity index (χ2n) is 3.98. The van der Waals surface area contributed by atoms with Gasteiger partial charge in [-0.15, -0.1) is 0 Å². The Morgan fingerprint density at radius 3 is 2.33 bits per heavy atom. The van der Waals surface area contributed by atoms with Crippen molar-refractivity contribution in [2.45, 2.75) is 31.5 Å². The summed E-state index contributed by atoms with van der Waals surface area (Å²) in [7, 11) is 0. The van der Waals surface area contributed by atoms with Crippen molar-refractivity contribution in [3.8, 4) is 0 Å². The van der Waals surface area contributed by atoms with Crippen molar-refractivity contribution in [1.29, 1.82) is 0 Å². The van der Waals surface area contributed by atoms with E-state index >= 15 is 0 Å². The van der Waals surface area contributed by atoms with E-state index in [4.69, 9.17) is 5.11 Å². The first-order valence-corrected chi connectivity index (χ1v) is 5.00. The van der Waals surface area contributed by atoms with Crippen LogP contribution in [0.15, 0.2) is 18.2 Å². The minimum atomic E-state index is -0.555. The number of nitrogens with one attached hydrogen (secondary N) is 1. The average molecular weight is 213 g/mol. The maximum absolute atomic E-state index is 12.8. The van der Waals surface area contributed by atoms with E-state index in [1.54, 1.807) is 0 Å². The molecule has 0 unspecified atom stereocenters. The van der Waals surface area contributed by atoms with Gasteiger partial charge in [-0.25, -0.2) is 8.78 Å². The predicted octanol–water partition coefficient (Wildman–Crippen LogP) is 1.58. The van der Waals surface area contributed by atoms with Gasteiger partial charge in [-0.1, -0.05) is 0 Å². The maximum Gasteiger partial charge on any atom is 0.126 e. The molecule has 2 rings (SSSR count). The third-order valence-corrected chi connectivity index (χ3v) is 2.63. The van der Waals surface area contributed by atoms with Crippen molar-refractivity contribution in [2.24, 2.45) is 0 Å². The molecule has 4 heteroatoms. The lowest BCUT2D eigenvalue weighted by Gasteiger charge is -2.32. The number of aliphatic hydroxyl groups excluding tert-OH is 1. The summed E-state index contributed by atoms with van der Waals surface area (Å²) in [5.41, 5.74) is 0.592. The van der Waals surface area contributed by atoms with Gasteiger partial charge < -0.3 is 10.4 Å². The van der Waals surface area contributed by atoms with Crippen molar-refractivity contribution in [2.75, 3.05) is 0 Å². The third kappa shape index (κ3) is 2.73. The Kier molecular flexibility index (Phi) is 2.98. The maximum atomic E-state index is 12.8. The van der Waals surface area contributed by atoms with Gasteiger partial charge in [0.15, 0.2) is 0 Å². The van der Waals surface area contributed by atoms with Crippen LogP contribution < -0.4 is 5.32 Å². The van der Waals surface area contributed by atoms with Crippen molar-refractivity contribution in [3.63, 3.8) is 0 Å². The molecule has 0 saturated heterocycles. The molecule has 82 valence electrons. The Morgan fingerprint density at radius 1 is 1.20 bits per heavy atom. The van der Waals surface area contributed by atoms with Crippen LogP contribution in [0.25, 0.3) is 0 Å². The van der Waals surface area contributed by atoms with Crippen LogP contribution in [0.5, 0.6) is 0 Å². The molecule has 1 aliphatic carbocycles. The lowest BCUT2D eigenvalue weighted by Crippen LogP contribution is -2.43. The molecule has 0 radical (unpaired) electrons.